The minimum absolute atomic E-state index is 0.124. The third-order valence-electron chi connectivity index (χ3n) is 3.07. The molecule has 2 atom stereocenters. The number of hydrogen-bond acceptors (Lipinski definition) is 3. The monoisotopic (exact) mass is 287 g/mol. The zero-order valence-electron chi connectivity index (χ0n) is 10.4. The number of hydrogen-bond donors (Lipinski definition) is 1. The predicted octanol–water partition coefficient (Wildman–Crippen LogP) is 2.72. The molecule has 1 aromatic rings. The molecule has 0 spiro atoms. The normalized spacial score (nSPS) is 20.4. The lowest BCUT2D eigenvalue weighted by atomic mass is 10.0. The van der Waals surface area contributed by atoms with Gasteiger partial charge < -0.3 is 5.32 Å². The number of fused-ring (bicyclic) bond motifs is 1. The first kappa shape index (κ1) is 14.0. The fraction of sp³-hybridized carbons (Fsp3) is 0.538. The molecule has 0 saturated carbocycles. The number of rotatable bonds is 5. The molecule has 0 bridgehead atoms. The topological polar surface area (TPSA) is 29.1 Å². The fourth-order valence-electron chi connectivity index (χ4n) is 2.09. The lowest BCUT2D eigenvalue weighted by Gasteiger charge is -2.26. The lowest BCUT2D eigenvalue weighted by Crippen LogP contribution is -2.28. The number of halogens is 1. The molecular formula is C13H18FNOS2. The van der Waals surface area contributed by atoms with Crippen LogP contribution in [0.1, 0.15) is 24.9 Å². The molecule has 0 fully saturated rings. The molecule has 1 aliphatic rings. The molecule has 1 aromatic carbocycles. The molecule has 2 rings (SSSR count). The lowest BCUT2D eigenvalue weighted by molar-refractivity contribution is 0.511. The van der Waals surface area contributed by atoms with Crippen molar-refractivity contribution in [3.8, 4) is 0 Å². The molecule has 0 amide bonds. The Kier molecular flexibility index (Phi) is 5.21. The summed E-state index contributed by atoms with van der Waals surface area (Å²) in [5.74, 6) is 2.18. The standard InChI is InChI=1S/C13H18FNOS2/c1-2-18(16)9-7-15-12-6-8-17-13-10(12)4-3-5-11(13)14/h3-5,12,15H,2,6-9H2,1H3. The summed E-state index contributed by atoms with van der Waals surface area (Å²) in [6.45, 7) is 2.66. The van der Waals surface area contributed by atoms with Crippen LogP contribution in [-0.4, -0.2) is 28.0 Å². The summed E-state index contributed by atoms with van der Waals surface area (Å²) in [6, 6.07) is 5.46. The maximum atomic E-state index is 13.7. The van der Waals surface area contributed by atoms with Gasteiger partial charge in [-0.3, -0.25) is 4.21 Å². The highest BCUT2D eigenvalue weighted by Gasteiger charge is 2.22. The average molecular weight is 287 g/mol. The van der Waals surface area contributed by atoms with Gasteiger partial charge in [-0.15, -0.1) is 11.8 Å². The van der Waals surface area contributed by atoms with Crippen LogP contribution in [0.4, 0.5) is 4.39 Å². The molecule has 2 nitrogen and oxygen atoms in total. The maximum Gasteiger partial charge on any atom is 0.137 e. The summed E-state index contributed by atoms with van der Waals surface area (Å²) >= 11 is 1.59. The van der Waals surface area contributed by atoms with Gasteiger partial charge in [-0.05, 0) is 23.8 Å². The smallest absolute Gasteiger partial charge is 0.137 e. The van der Waals surface area contributed by atoms with Crippen molar-refractivity contribution < 1.29 is 8.60 Å². The second kappa shape index (κ2) is 6.68. The van der Waals surface area contributed by atoms with Crippen molar-refractivity contribution in [2.75, 3.05) is 23.8 Å². The van der Waals surface area contributed by atoms with Crippen LogP contribution >= 0.6 is 11.8 Å². The van der Waals surface area contributed by atoms with Gasteiger partial charge in [0.05, 0.1) is 0 Å². The molecule has 0 radical (unpaired) electrons. The van der Waals surface area contributed by atoms with Crippen molar-refractivity contribution in [1.29, 1.82) is 0 Å². The first-order valence-corrected chi connectivity index (χ1v) is 8.69. The summed E-state index contributed by atoms with van der Waals surface area (Å²) < 4.78 is 25.0. The van der Waals surface area contributed by atoms with Crippen molar-refractivity contribution in [2.45, 2.75) is 24.3 Å². The van der Waals surface area contributed by atoms with Crippen LogP contribution in [0.5, 0.6) is 0 Å². The van der Waals surface area contributed by atoms with Crippen LogP contribution < -0.4 is 5.32 Å². The van der Waals surface area contributed by atoms with Crippen molar-refractivity contribution in [3.63, 3.8) is 0 Å². The van der Waals surface area contributed by atoms with Crippen LogP contribution in [0.15, 0.2) is 23.1 Å². The summed E-state index contributed by atoms with van der Waals surface area (Å²) in [7, 11) is -0.735. The average Bonchev–Trinajstić information content (AvgIpc) is 2.39. The molecule has 2 unspecified atom stereocenters. The first-order chi connectivity index (χ1) is 8.72. The molecule has 0 saturated heterocycles. The first-order valence-electron chi connectivity index (χ1n) is 6.22. The van der Waals surface area contributed by atoms with Gasteiger partial charge in [0.25, 0.3) is 0 Å². The van der Waals surface area contributed by atoms with E-state index in [9.17, 15) is 8.60 Å². The minimum atomic E-state index is -0.735. The Morgan fingerprint density at radius 2 is 2.39 bits per heavy atom. The molecule has 1 heterocycles. The van der Waals surface area contributed by atoms with Gasteiger partial charge in [-0.2, -0.15) is 0 Å². The molecule has 1 aliphatic heterocycles. The molecule has 0 aromatic heterocycles. The van der Waals surface area contributed by atoms with E-state index in [1.165, 1.54) is 6.07 Å². The summed E-state index contributed by atoms with van der Waals surface area (Å²) in [5.41, 5.74) is 1.05. The van der Waals surface area contributed by atoms with Gasteiger partial charge in [0.15, 0.2) is 0 Å². The zero-order chi connectivity index (χ0) is 13.0. The number of benzene rings is 1. The van der Waals surface area contributed by atoms with Crippen molar-refractivity contribution in [2.24, 2.45) is 0 Å². The van der Waals surface area contributed by atoms with E-state index < -0.39 is 10.8 Å². The Labute approximate surface area is 114 Å². The van der Waals surface area contributed by atoms with E-state index >= 15 is 0 Å². The van der Waals surface area contributed by atoms with Crippen molar-refractivity contribution >= 4 is 22.6 Å². The van der Waals surface area contributed by atoms with E-state index in [4.69, 9.17) is 0 Å². The van der Waals surface area contributed by atoms with Gasteiger partial charge in [0.1, 0.15) is 5.82 Å². The Morgan fingerprint density at radius 1 is 1.56 bits per heavy atom. The molecule has 18 heavy (non-hydrogen) atoms. The molecule has 100 valence electrons. The van der Waals surface area contributed by atoms with Crippen LogP contribution in [0, 0.1) is 5.82 Å². The van der Waals surface area contributed by atoms with Crippen molar-refractivity contribution in [1.82, 2.24) is 5.32 Å². The Balaban J connectivity index is 2.00. The fourth-order valence-corrected chi connectivity index (χ4v) is 3.86. The van der Waals surface area contributed by atoms with E-state index in [2.05, 4.69) is 5.32 Å². The number of nitrogens with one attached hydrogen (secondary N) is 1. The maximum absolute atomic E-state index is 13.7. The highest BCUT2D eigenvalue weighted by atomic mass is 32.2. The minimum Gasteiger partial charge on any atom is -0.309 e. The second-order valence-electron chi connectivity index (χ2n) is 4.23. The Morgan fingerprint density at radius 3 is 3.17 bits per heavy atom. The predicted molar refractivity (Wildman–Crippen MR) is 76.0 cm³/mol. The van der Waals surface area contributed by atoms with E-state index in [1.807, 2.05) is 13.0 Å². The van der Waals surface area contributed by atoms with E-state index in [-0.39, 0.29) is 11.9 Å². The third-order valence-corrected chi connectivity index (χ3v) is 5.53. The summed E-state index contributed by atoms with van der Waals surface area (Å²) in [4.78, 5) is 0.776. The summed E-state index contributed by atoms with van der Waals surface area (Å²) in [5, 5.41) is 3.40. The van der Waals surface area contributed by atoms with Gasteiger partial charge in [0, 0.05) is 39.8 Å². The molecular weight excluding hydrogens is 269 g/mol. The number of thioether (sulfide) groups is 1. The molecule has 1 N–H and O–H groups in total. The summed E-state index contributed by atoms with van der Waals surface area (Å²) in [6.07, 6.45) is 1.000. The Hall–Kier alpha value is -0.390. The molecule has 5 heteroatoms. The van der Waals surface area contributed by atoms with Crippen LogP contribution in [-0.2, 0) is 10.8 Å². The Bertz CT molecular complexity index is 439. The second-order valence-corrected chi connectivity index (χ2v) is 7.21. The van der Waals surface area contributed by atoms with E-state index in [0.717, 1.165) is 29.2 Å². The molecule has 0 aliphatic carbocycles. The van der Waals surface area contributed by atoms with Gasteiger partial charge in [-0.1, -0.05) is 19.1 Å². The highest BCUT2D eigenvalue weighted by molar-refractivity contribution is 7.99. The highest BCUT2D eigenvalue weighted by Crippen LogP contribution is 2.37. The quantitative estimate of drug-likeness (QED) is 0.903. The third kappa shape index (κ3) is 3.33. The SMILES string of the molecule is CCS(=O)CCNC1CCSc2c(F)cccc21. The largest absolute Gasteiger partial charge is 0.309 e. The van der Waals surface area contributed by atoms with E-state index in [0.29, 0.717) is 11.5 Å². The zero-order valence-corrected chi connectivity index (χ0v) is 12.1. The van der Waals surface area contributed by atoms with Crippen LogP contribution in [0.2, 0.25) is 0 Å². The van der Waals surface area contributed by atoms with Gasteiger partial charge in [-0.25, -0.2) is 4.39 Å². The van der Waals surface area contributed by atoms with E-state index in [1.54, 1.807) is 17.8 Å². The van der Waals surface area contributed by atoms with Gasteiger partial charge in [0.2, 0.25) is 0 Å². The van der Waals surface area contributed by atoms with Crippen molar-refractivity contribution in [3.05, 3.63) is 29.6 Å². The van der Waals surface area contributed by atoms with Crippen LogP contribution in [0.3, 0.4) is 0 Å². The van der Waals surface area contributed by atoms with Crippen LogP contribution in [0.25, 0.3) is 0 Å². The van der Waals surface area contributed by atoms with Gasteiger partial charge >= 0.3 is 0 Å².